The Morgan fingerprint density at radius 2 is 2.38 bits per heavy atom. The lowest BCUT2D eigenvalue weighted by atomic mass is 10.2. The Balaban J connectivity index is 3.24. The van der Waals surface area contributed by atoms with Crippen LogP contribution in [0.15, 0.2) is 12.1 Å². The Hall–Kier alpha value is -2.09. The molecule has 0 saturated heterocycles. The first-order valence-corrected chi connectivity index (χ1v) is 3.37. The van der Waals surface area contributed by atoms with E-state index in [0.29, 0.717) is 0 Å². The van der Waals surface area contributed by atoms with Crippen molar-refractivity contribution in [3.05, 3.63) is 23.4 Å². The normalized spacial score (nSPS) is 8.92. The number of aromatic nitrogens is 1. The zero-order chi connectivity index (χ0) is 9.84. The van der Waals surface area contributed by atoms with E-state index in [1.165, 1.54) is 19.2 Å². The van der Waals surface area contributed by atoms with Crippen LogP contribution in [0, 0.1) is 11.3 Å². The largest absolute Gasteiger partial charge is 0.481 e. The van der Waals surface area contributed by atoms with Gasteiger partial charge in [0.05, 0.1) is 12.7 Å². The molecule has 0 fully saturated rings. The van der Waals surface area contributed by atoms with Crippen LogP contribution in [0.5, 0.6) is 5.88 Å². The fraction of sp³-hybridized carbons (Fsp3) is 0.125. The van der Waals surface area contributed by atoms with Crippen LogP contribution in [0.1, 0.15) is 16.1 Å². The van der Waals surface area contributed by atoms with Gasteiger partial charge in [-0.1, -0.05) is 0 Å². The number of hydrogen-bond donors (Lipinski definition) is 1. The smallest absolute Gasteiger partial charge is 0.335 e. The van der Waals surface area contributed by atoms with Crippen molar-refractivity contribution in [3.63, 3.8) is 0 Å². The van der Waals surface area contributed by atoms with E-state index in [-0.39, 0.29) is 17.1 Å². The molecule has 0 spiro atoms. The van der Waals surface area contributed by atoms with E-state index in [0.717, 1.165) is 0 Å². The van der Waals surface area contributed by atoms with Gasteiger partial charge in [0.25, 0.3) is 0 Å². The van der Waals surface area contributed by atoms with E-state index in [2.05, 4.69) is 4.98 Å². The molecule has 0 aliphatic heterocycles. The van der Waals surface area contributed by atoms with Crippen LogP contribution in [0.25, 0.3) is 0 Å². The topological polar surface area (TPSA) is 83.2 Å². The van der Waals surface area contributed by atoms with Gasteiger partial charge in [-0.3, -0.25) is 0 Å². The van der Waals surface area contributed by atoms with Gasteiger partial charge < -0.3 is 9.84 Å². The van der Waals surface area contributed by atoms with Crippen molar-refractivity contribution in [2.75, 3.05) is 7.11 Å². The maximum atomic E-state index is 10.5. The average Bonchev–Trinajstić information content (AvgIpc) is 2.16. The Bertz CT molecular complexity index is 381. The second-order valence-electron chi connectivity index (χ2n) is 2.20. The lowest BCUT2D eigenvalue weighted by molar-refractivity contribution is 0.0696. The summed E-state index contributed by atoms with van der Waals surface area (Å²) in [6.07, 6.45) is 0. The third-order valence-corrected chi connectivity index (χ3v) is 1.37. The van der Waals surface area contributed by atoms with E-state index in [1.54, 1.807) is 6.07 Å². The second-order valence-corrected chi connectivity index (χ2v) is 2.20. The molecule has 0 amide bonds. The first-order valence-electron chi connectivity index (χ1n) is 3.37. The SMILES string of the molecule is COc1cc(C(=O)O)cc(C#N)n1. The van der Waals surface area contributed by atoms with Crippen LogP contribution in [-0.2, 0) is 0 Å². The molecule has 0 atom stereocenters. The number of carboxylic acids is 1. The Labute approximate surface area is 74.2 Å². The predicted molar refractivity (Wildman–Crippen MR) is 42.5 cm³/mol. The molecule has 1 rings (SSSR count). The summed E-state index contributed by atoms with van der Waals surface area (Å²) in [5, 5.41) is 17.1. The highest BCUT2D eigenvalue weighted by Crippen LogP contribution is 2.11. The molecular formula is C8H6N2O3. The zero-order valence-electron chi connectivity index (χ0n) is 6.81. The van der Waals surface area contributed by atoms with Crippen LogP contribution in [0.4, 0.5) is 0 Å². The van der Waals surface area contributed by atoms with Gasteiger partial charge in [-0.25, -0.2) is 9.78 Å². The summed E-state index contributed by atoms with van der Waals surface area (Å²) in [7, 11) is 1.36. The van der Waals surface area contributed by atoms with Gasteiger partial charge in [-0.05, 0) is 6.07 Å². The van der Waals surface area contributed by atoms with Crippen molar-refractivity contribution < 1.29 is 14.6 Å². The Kier molecular flexibility index (Phi) is 2.45. The standard InChI is InChI=1S/C8H6N2O3/c1-13-7-3-5(8(11)12)2-6(4-9)10-7/h2-3H,1H3,(H,11,12). The fourth-order valence-corrected chi connectivity index (χ4v) is 0.791. The number of hydrogen-bond acceptors (Lipinski definition) is 4. The van der Waals surface area contributed by atoms with Crippen LogP contribution >= 0.6 is 0 Å². The molecule has 0 saturated carbocycles. The molecule has 13 heavy (non-hydrogen) atoms. The monoisotopic (exact) mass is 178 g/mol. The van der Waals surface area contributed by atoms with Crippen LogP contribution in [-0.4, -0.2) is 23.2 Å². The summed E-state index contributed by atoms with van der Waals surface area (Å²) >= 11 is 0. The molecule has 1 aromatic heterocycles. The van der Waals surface area contributed by atoms with Gasteiger partial charge in [-0.2, -0.15) is 5.26 Å². The van der Waals surface area contributed by atoms with Crippen molar-refractivity contribution in [1.29, 1.82) is 5.26 Å². The number of rotatable bonds is 2. The molecule has 0 aliphatic rings. The van der Waals surface area contributed by atoms with Crippen molar-refractivity contribution in [1.82, 2.24) is 4.98 Å². The van der Waals surface area contributed by atoms with E-state index in [9.17, 15) is 4.79 Å². The molecule has 66 valence electrons. The fourth-order valence-electron chi connectivity index (χ4n) is 0.791. The number of pyridine rings is 1. The summed E-state index contributed by atoms with van der Waals surface area (Å²) in [5.41, 5.74) is 0.0140. The van der Waals surface area contributed by atoms with Crippen molar-refractivity contribution in [2.24, 2.45) is 0 Å². The van der Waals surface area contributed by atoms with E-state index < -0.39 is 5.97 Å². The van der Waals surface area contributed by atoms with Crippen molar-refractivity contribution >= 4 is 5.97 Å². The number of aromatic carboxylic acids is 1. The van der Waals surface area contributed by atoms with Crippen molar-refractivity contribution in [2.45, 2.75) is 0 Å². The summed E-state index contributed by atoms with van der Waals surface area (Å²) in [5.74, 6) is -0.992. The number of nitrogens with zero attached hydrogens (tertiary/aromatic N) is 2. The maximum absolute atomic E-state index is 10.5. The highest BCUT2D eigenvalue weighted by Gasteiger charge is 2.07. The first kappa shape index (κ1) is 9.00. The molecule has 1 aromatic rings. The highest BCUT2D eigenvalue weighted by molar-refractivity contribution is 5.88. The van der Waals surface area contributed by atoms with Gasteiger partial charge in [0.2, 0.25) is 5.88 Å². The predicted octanol–water partition coefficient (Wildman–Crippen LogP) is 0.660. The molecule has 1 heterocycles. The zero-order valence-corrected chi connectivity index (χ0v) is 6.81. The van der Waals surface area contributed by atoms with Crippen LogP contribution in [0.3, 0.4) is 0 Å². The van der Waals surface area contributed by atoms with Gasteiger partial charge in [0.1, 0.15) is 11.8 Å². The lowest BCUT2D eigenvalue weighted by Gasteiger charge is -2.00. The molecule has 0 bridgehead atoms. The molecule has 5 nitrogen and oxygen atoms in total. The number of carboxylic acid groups (broad SMARTS) is 1. The first-order chi connectivity index (χ1) is 6.17. The molecule has 0 unspecified atom stereocenters. The quantitative estimate of drug-likeness (QED) is 0.719. The Morgan fingerprint density at radius 3 is 2.85 bits per heavy atom. The van der Waals surface area contributed by atoms with E-state index >= 15 is 0 Å². The van der Waals surface area contributed by atoms with Crippen molar-refractivity contribution in [3.8, 4) is 11.9 Å². The third-order valence-electron chi connectivity index (χ3n) is 1.37. The molecule has 0 aliphatic carbocycles. The minimum Gasteiger partial charge on any atom is -0.481 e. The molecule has 0 radical (unpaired) electrons. The van der Waals surface area contributed by atoms with Crippen LogP contribution in [0.2, 0.25) is 0 Å². The van der Waals surface area contributed by atoms with E-state index in [4.69, 9.17) is 15.1 Å². The maximum Gasteiger partial charge on any atom is 0.335 e. The minimum absolute atomic E-state index is 0.0107. The lowest BCUT2D eigenvalue weighted by Crippen LogP contribution is -2.00. The molecule has 5 heteroatoms. The second kappa shape index (κ2) is 3.54. The number of methoxy groups -OCH3 is 1. The summed E-state index contributed by atoms with van der Waals surface area (Å²) < 4.78 is 4.72. The number of nitriles is 1. The van der Waals surface area contributed by atoms with Gasteiger partial charge >= 0.3 is 5.97 Å². The molecule has 1 N–H and O–H groups in total. The number of carbonyl (C=O) groups is 1. The van der Waals surface area contributed by atoms with Gasteiger partial charge in [0, 0.05) is 6.07 Å². The van der Waals surface area contributed by atoms with Gasteiger partial charge in [-0.15, -0.1) is 0 Å². The molecular weight excluding hydrogens is 172 g/mol. The molecule has 0 aromatic carbocycles. The van der Waals surface area contributed by atoms with E-state index in [1.807, 2.05) is 0 Å². The number of ether oxygens (including phenoxy) is 1. The summed E-state index contributed by atoms with van der Waals surface area (Å²) in [6, 6.07) is 4.18. The third kappa shape index (κ3) is 1.93. The minimum atomic E-state index is -1.11. The highest BCUT2D eigenvalue weighted by atomic mass is 16.5. The van der Waals surface area contributed by atoms with Crippen LogP contribution < -0.4 is 4.74 Å². The summed E-state index contributed by atoms with van der Waals surface area (Å²) in [4.78, 5) is 14.3. The Morgan fingerprint density at radius 1 is 1.69 bits per heavy atom. The van der Waals surface area contributed by atoms with Gasteiger partial charge in [0.15, 0.2) is 0 Å². The average molecular weight is 178 g/mol. The summed E-state index contributed by atoms with van der Waals surface area (Å²) in [6.45, 7) is 0.